The van der Waals surface area contributed by atoms with Crippen LogP contribution in [0.25, 0.3) is 10.9 Å². The second kappa shape index (κ2) is 8.79. The molecule has 0 aliphatic heterocycles. The molecule has 2 aromatic carbocycles. The maximum Gasteiger partial charge on any atom is 0.356 e. The Balaban J connectivity index is 1.84. The molecule has 34 heavy (non-hydrogen) atoms. The first-order chi connectivity index (χ1) is 16.2. The maximum atomic E-state index is 13.3. The summed E-state index contributed by atoms with van der Waals surface area (Å²) in [4.78, 5) is 24.7. The van der Waals surface area contributed by atoms with E-state index in [0.29, 0.717) is 10.9 Å². The normalized spacial score (nSPS) is 12.5. The number of aryl methyl sites for hydroxylation is 1. The van der Waals surface area contributed by atoms with Crippen molar-refractivity contribution in [1.29, 1.82) is 0 Å². The summed E-state index contributed by atoms with van der Waals surface area (Å²) in [6, 6.07) is 14.5. The quantitative estimate of drug-likeness (QED) is 0.424. The van der Waals surface area contributed by atoms with E-state index in [1.54, 1.807) is 42.5 Å². The van der Waals surface area contributed by atoms with Crippen LogP contribution in [0, 0.1) is 6.92 Å². The minimum absolute atomic E-state index is 0.0708. The zero-order valence-electron chi connectivity index (χ0n) is 19.1. The van der Waals surface area contributed by atoms with E-state index in [0.717, 1.165) is 11.1 Å². The van der Waals surface area contributed by atoms with Crippen LogP contribution in [0.2, 0.25) is 0 Å². The number of nitrogens with zero attached hydrogens (tertiary/aromatic N) is 3. The number of ether oxygens (including phenoxy) is 1. The van der Waals surface area contributed by atoms with Crippen molar-refractivity contribution in [2.45, 2.75) is 24.8 Å². The van der Waals surface area contributed by atoms with Crippen molar-refractivity contribution >= 4 is 32.8 Å². The van der Waals surface area contributed by atoms with E-state index in [4.69, 9.17) is 4.74 Å². The molecule has 0 saturated heterocycles. The van der Waals surface area contributed by atoms with Crippen LogP contribution in [0.3, 0.4) is 0 Å². The third kappa shape index (κ3) is 3.86. The number of aromatic nitrogens is 3. The lowest BCUT2D eigenvalue weighted by Crippen LogP contribution is -2.20. The van der Waals surface area contributed by atoms with Gasteiger partial charge in [0.2, 0.25) is 0 Å². The zero-order chi connectivity index (χ0) is 24.6. The van der Waals surface area contributed by atoms with Crippen LogP contribution in [0.1, 0.15) is 45.1 Å². The fraction of sp³-hybridized carbons (Fsp3) is 0.208. The van der Waals surface area contributed by atoms with E-state index < -0.39 is 27.9 Å². The summed E-state index contributed by atoms with van der Waals surface area (Å²) < 4.78 is 34.1. The van der Waals surface area contributed by atoms with E-state index in [1.165, 1.54) is 35.1 Å². The van der Waals surface area contributed by atoms with Crippen LogP contribution >= 0.6 is 0 Å². The molecule has 4 rings (SSSR count). The molecule has 9 nitrogen and oxygen atoms in total. The predicted octanol–water partition coefficient (Wildman–Crippen LogP) is 3.14. The van der Waals surface area contributed by atoms with Gasteiger partial charge in [0.15, 0.2) is 5.69 Å². The number of fused-ring (bicyclic) bond motifs is 1. The number of benzene rings is 2. The number of carbonyl (C=O) groups is 2. The molecule has 0 aliphatic carbocycles. The minimum Gasteiger partial charge on any atom is -0.464 e. The van der Waals surface area contributed by atoms with E-state index in [2.05, 4.69) is 10.4 Å². The van der Waals surface area contributed by atoms with Gasteiger partial charge in [0.1, 0.15) is 5.69 Å². The van der Waals surface area contributed by atoms with Gasteiger partial charge in [-0.15, -0.1) is 0 Å². The Labute approximate surface area is 197 Å². The number of esters is 1. The van der Waals surface area contributed by atoms with Crippen LogP contribution in [0.5, 0.6) is 0 Å². The van der Waals surface area contributed by atoms with E-state index in [-0.39, 0.29) is 16.3 Å². The summed E-state index contributed by atoms with van der Waals surface area (Å²) in [5, 5.41) is 7.49. The molecule has 4 aromatic rings. The summed E-state index contributed by atoms with van der Waals surface area (Å²) in [6.07, 6.45) is 1.51. The van der Waals surface area contributed by atoms with Crippen molar-refractivity contribution in [2.75, 3.05) is 14.2 Å². The lowest BCUT2D eigenvalue weighted by molar-refractivity contribution is 0.0585. The summed E-state index contributed by atoms with van der Waals surface area (Å²) >= 11 is 0. The number of hydrogen-bond donors (Lipinski definition) is 1. The highest BCUT2D eigenvalue weighted by atomic mass is 32.2. The molecule has 0 radical (unpaired) electrons. The Morgan fingerprint density at radius 1 is 1.09 bits per heavy atom. The van der Waals surface area contributed by atoms with Gasteiger partial charge in [-0.2, -0.15) is 5.10 Å². The van der Waals surface area contributed by atoms with E-state index >= 15 is 0 Å². The summed E-state index contributed by atoms with van der Waals surface area (Å²) in [6.45, 7) is 3.70. The highest BCUT2D eigenvalue weighted by Crippen LogP contribution is 2.31. The SMILES string of the molecule is CNC(=O)c1cc(C(=O)OC)n(C(C)c2cccc3c2ccn3S(=O)(=O)c2ccc(C)cc2)n1. The Hall–Kier alpha value is -3.92. The van der Waals surface area contributed by atoms with Gasteiger partial charge >= 0.3 is 5.97 Å². The van der Waals surface area contributed by atoms with Gasteiger partial charge < -0.3 is 10.1 Å². The largest absolute Gasteiger partial charge is 0.464 e. The average molecular weight is 481 g/mol. The molecule has 10 heteroatoms. The minimum atomic E-state index is -3.81. The number of carbonyl (C=O) groups excluding carboxylic acids is 2. The first-order valence-electron chi connectivity index (χ1n) is 10.5. The van der Waals surface area contributed by atoms with Crippen LogP contribution in [0.15, 0.2) is 65.7 Å². The highest BCUT2D eigenvalue weighted by Gasteiger charge is 2.26. The Morgan fingerprint density at radius 2 is 1.79 bits per heavy atom. The van der Waals surface area contributed by atoms with Gasteiger partial charge in [0.05, 0.1) is 23.6 Å². The fourth-order valence-electron chi connectivity index (χ4n) is 3.88. The standard InChI is InChI=1S/C24H24N4O5S/c1-15-8-10-17(11-9-15)34(31,32)27-13-12-19-18(6-5-7-21(19)27)16(2)28-22(24(30)33-4)14-20(26-28)23(29)25-3/h5-14,16H,1-4H3,(H,25,29). The topological polar surface area (TPSA) is 112 Å². The summed E-state index contributed by atoms with van der Waals surface area (Å²) in [7, 11) is -1.09. The van der Waals surface area contributed by atoms with Gasteiger partial charge in [0.25, 0.3) is 15.9 Å². The van der Waals surface area contributed by atoms with Crippen LogP contribution in [-0.2, 0) is 14.8 Å². The predicted molar refractivity (Wildman–Crippen MR) is 126 cm³/mol. The monoisotopic (exact) mass is 480 g/mol. The lowest BCUT2D eigenvalue weighted by Gasteiger charge is -2.17. The second-order valence-electron chi connectivity index (χ2n) is 7.82. The number of rotatable bonds is 6. The number of amides is 1. The number of nitrogens with one attached hydrogen (secondary N) is 1. The summed E-state index contributed by atoms with van der Waals surface area (Å²) in [5.74, 6) is -1.08. The molecule has 2 heterocycles. The third-order valence-electron chi connectivity index (χ3n) is 5.72. The Kier molecular flexibility index (Phi) is 6.01. The van der Waals surface area contributed by atoms with E-state index in [9.17, 15) is 18.0 Å². The Bertz CT molecular complexity index is 1500. The van der Waals surface area contributed by atoms with Crippen molar-refractivity contribution in [3.8, 4) is 0 Å². The molecule has 0 bridgehead atoms. The van der Waals surface area contributed by atoms with Crippen molar-refractivity contribution in [3.05, 3.63) is 83.3 Å². The molecule has 0 spiro atoms. The fourth-order valence-corrected chi connectivity index (χ4v) is 5.23. The smallest absolute Gasteiger partial charge is 0.356 e. The summed E-state index contributed by atoms with van der Waals surface area (Å²) in [5.41, 5.74) is 2.36. The third-order valence-corrected chi connectivity index (χ3v) is 7.42. The van der Waals surface area contributed by atoms with Crippen molar-refractivity contribution in [2.24, 2.45) is 0 Å². The molecule has 0 aliphatic rings. The van der Waals surface area contributed by atoms with Crippen LogP contribution < -0.4 is 5.32 Å². The average Bonchev–Trinajstić information content (AvgIpc) is 3.48. The number of hydrogen-bond acceptors (Lipinski definition) is 6. The van der Waals surface area contributed by atoms with E-state index in [1.807, 2.05) is 19.9 Å². The molecular weight excluding hydrogens is 456 g/mol. The van der Waals surface area contributed by atoms with Crippen LogP contribution in [-0.4, -0.2) is 48.2 Å². The molecule has 1 amide bonds. The molecule has 1 N–H and O–H groups in total. The first-order valence-corrected chi connectivity index (χ1v) is 11.9. The van der Waals surface area contributed by atoms with Crippen molar-refractivity contribution < 1.29 is 22.7 Å². The molecule has 1 unspecified atom stereocenters. The van der Waals surface area contributed by atoms with Gasteiger partial charge in [-0.1, -0.05) is 29.8 Å². The zero-order valence-corrected chi connectivity index (χ0v) is 20.0. The lowest BCUT2D eigenvalue weighted by atomic mass is 10.0. The molecule has 2 aromatic heterocycles. The van der Waals surface area contributed by atoms with Crippen molar-refractivity contribution in [3.63, 3.8) is 0 Å². The number of methoxy groups -OCH3 is 1. The second-order valence-corrected chi connectivity index (χ2v) is 9.63. The highest BCUT2D eigenvalue weighted by molar-refractivity contribution is 7.90. The maximum absolute atomic E-state index is 13.3. The molecule has 176 valence electrons. The first kappa shape index (κ1) is 23.2. The van der Waals surface area contributed by atoms with Gasteiger partial charge in [-0.25, -0.2) is 17.2 Å². The van der Waals surface area contributed by atoms with Crippen molar-refractivity contribution in [1.82, 2.24) is 19.1 Å². The Morgan fingerprint density at radius 3 is 2.44 bits per heavy atom. The molecule has 0 saturated carbocycles. The molecule has 1 atom stereocenters. The van der Waals surface area contributed by atoms with Gasteiger partial charge in [-0.3, -0.25) is 9.48 Å². The van der Waals surface area contributed by atoms with Gasteiger partial charge in [-0.05, 0) is 43.7 Å². The van der Waals surface area contributed by atoms with Gasteiger partial charge in [0, 0.05) is 24.7 Å². The molecular formula is C24H24N4O5S. The van der Waals surface area contributed by atoms with Crippen LogP contribution in [0.4, 0.5) is 0 Å². The molecule has 0 fully saturated rings.